The quantitative estimate of drug-likeness (QED) is 0.0804. The van der Waals surface area contributed by atoms with E-state index in [2.05, 4.69) is 0 Å². The number of hydrogen-bond donors (Lipinski definition) is 0. The van der Waals surface area contributed by atoms with Crippen LogP contribution in [0.3, 0.4) is 0 Å². The molecule has 250 valence electrons. The molecule has 0 unspecified atom stereocenters. The molecule has 0 aliphatic rings. The van der Waals surface area contributed by atoms with E-state index in [0.717, 1.165) is 0 Å². The van der Waals surface area contributed by atoms with Gasteiger partial charge in [0.1, 0.15) is 52.7 Å². The van der Waals surface area contributed by atoms with E-state index in [9.17, 15) is 35.1 Å². The standard InChI is InChI=1S/C24H4BF16.C7H7/c26-5-1-6(27)18(35)13(17(5)34)25(14-19(36)7(28)2-8(29)20(14)37,15-21(38)9(30)3-10(31)22(15)39)16-23(40)11(32)4-12(33)24(16)41;1-2-4-6-7-5-3-1/h1-4H;1-7H/q-1;+1. The van der Waals surface area contributed by atoms with Crippen LogP contribution in [0.5, 0.6) is 0 Å². The van der Waals surface area contributed by atoms with Gasteiger partial charge in [0.05, 0.1) is 0 Å². The molecule has 0 bridgehead atoms. The Morgan fingerprint density at radius 2 is 0.479 bits per heavy atom. The van der Waals surface area contributed by atoms with Crippen molar-refractivity contribution in [3.63, 3.8) is 0 Å². The molecule has 0 aromatic heterocycles. The molecule has 5 aromatic carbocycles. The lowest BCUT2D eigenvalue weighted by Crippen LogP contribution is -2.81. The van der Waals surface area contributed by atoms with Crippen molar-refractivity contribution in [2.24, 2.45) is 0 Å². The average Bonchev–Trinajstić information content (AvgIpc) is 3.35. The SMILES string of the molecule is Fc1cc(F)c(F)c([B-](c2c(F)c(F)cc(F)c2F)(c2c(F)c(F)cc(F)c2F)c2c(F)c(F)cc(F)c2F)c1F.c1ccc[cH+]cc1. The van der Waals surface area contributed by atoms with Gasteiger partial charge >= 0.3 is 0 Å². The molecule has 0 heterocycles. The lowest BCUT2D eigenvalue weighted by Gasteiger charge is -2.44. The van der Waals surface area contributed by atoms with Crippen LogP contribution in [0.2, 0.25) is 0 Å². The van der Waals surface area contributed by atoms with Crippen molar-refractivity contribution in [1.29, 1.82) is 0 Å². The fourth-order valence-corrected chi connectivity index (χ4v) is 5.20. The van der Waals surface area contributed by atoms with Crippen LogP contribution < -0.4 is 21.9 Å². The van der Waals surface area contributed by atoms with E-state index >= 15 is 35.1 Å². The molecule has 0 saturated heterocycles. The maximum absolute atomic E-state index is 15.3. The Bertz CT molecular complexity index is 1660. The van der Waals surface area contributed by atoms with Crippen LogP contribution in [-0.2, 0) is 0 Å². The van der Waals surface area contributed by atoms with Crippen molar-refractivity contribution < 1.29 is 70.2 Å². The topological polar surface area (TPSA) is 0 Å². The Morgan fingerprint density at radius 1 is 0.292 bits per heavy atom. The summed E-state index contributed by atoms with van der Waals surface area (Å²) in [4.78, 5) is 0. The summed E-state index contributed by atoms with van der Waals surface area (Å²) >= 11 is 0. The summed E-state index contributed by atoms with van der Waals surface area (Å²) in [6.45, 7) is 0. The molecule has 48 heavy (non-hydrogen) atoms. The Hall–Kier alpha value is -5.09. The van der Waals surface area contributed by atoms with E-state index in [1.54, 1.807) is 0 Å². The van der Waals surface area contributed by atoms with Gasteiger partial charge in [0, 0.05) is 66.7 Å². The van der Waals surface area contributed by atoms with E-state index < -0.39 is 145 Å². The molecule has 0 radical (unpaired) electrons. The average molecular weight is 698 g/mol. The lowest BCUT2D eigenvalue weighted by atomic mass is 9.12. The summed E-state index contributed by atoms with van der Waals surface area (Å²) in [5.74, 6) is -46.2. The summed E-state index contributed by atoms with van der Waals surface area (Å²) in [5.41, 5.74) is -12.0. The number of benzene rings is 4. The highest BCUT2D eigenvalue weighted by Crippen LogP contribution is 2.27. The van der Waals surface area contributed by atoms with Crippen molar-refractivity contribution in [2.45, 2.75) is 0 Å². The van der Waals surface area contributed by atoms with E-state index in [-0.39, 0.29) is 0 Å². The highest BCUT2D eigenvalue weighted by Gasteiger charge is 2.50. The maximum atomic E-state index is 15.3. The number of rotatable bonds is 4. The second-order valence-electron chi connectivity index (χ2n) is 9.74. The number of halogens is 16. The summed E-state index contributed by atoms with van der Waals surface area (Å²) in [6, 6.07) is 11.2. The highest BCUT2D eigenvalue weighted by atomic mass is 19.2. The third-order valence-corrected chi connectivity index (χ3v) is 7.09. The van der Waals surface area contributed by atoms with Crippen molar-refractivity contribution in [3.8, 4) is 0 Å². The van der Waals surface area contributed by atoms with Gasteiger partial charge in [-0.1, -0.05) is 0 Å². The predicted octanol–water partition coefficient (Wildman–Crippen LogP) is 7.26. The molecule has 17 heteroatoms. The Labute approximate surface area is 258 Å². The van der Waals surface area contributed by atoms with Gasteiger partial charge in [-0.3, -0.25) is 0 Å². The number of hydrogen-bond acceptors (Lipinski definition) is 0. The first-order chi connectivity index (χ1) is 22.5. The van der Waals surface area contributed by atoms with Gasteiger partial charge < -0.3 is 0 Å². The van der Waals surface area contributed by atoms with Gasteiger partial charge in [-0.05, 0) is 0 Å². The Kier molecular flexibility index (Phi) is 10.1. The van der Waals surface area contributed by atoms with Crippen LogP contribution in [0.15, 0.2) is 66.7 Å². The predicted molar refractivity (Wildman–Crippen MR) is 140 cm³/mol. The molecule has 0 aliphatic carbocycles. The van der Waals surface area contributed by atoms with Crippen LogP contribution in [-0.4, -0.2) is 6.15 Å². The second-order valence-corrected chi connectivity index (χ2v) is 9.74. The lowest BCUT2D eigenvalue weighted by molar-refractivity contribution is 0.452. The van der Waals surface area contributed by atoms with Crippen LogP contribution in [0.25, 0.3) is 0 Å². The summed E-state index contributed by atoms with van der Waals surface area (Å²) in [6.07, 6.45) is -6.49. The molecule has 0 spiro atoms. The summed E-state index contributed by atoms with van der Waals surface area (Å²) in [5, 5.41) is 0. The minimum absolute atomic E-state index is 0.689. The smallest absolute Gasteiger partial charge is 0.158 e. The van der Waals surface area contributed by atoms with Crippen molar-refractivity contribution >= 4 is 28.0 Å². The molecule has 5 rings (SSSR count). The first-order valence-corrected chi connectivity index (χ1v) is 12.8. The second kappa shape index (κ2) is 13.6. The maximum Gasteiger partial charge on any atom is 0.158 e. The third-order valence-electron chi connectivity index (χ3n) is 7.09. The summed E-state index contributed by atoms with van der Waals surface area (Å²) < 4.78 is 238. The molecule has 0 N–H and O–H groups in total. The van der Waals surface area contributed by atoms with E-state index in [4.69, 9.17) is 0 Å². The molecule has 0 nitrogen and oxygen atoms in total. The van der Waals surface area contributed by atoms with Crippen LogP contribution >= 0.6 is 0 Å². The fraction of sp³-hybridized carbons (Fsp3) is 0. The highest BCUT2D eigenvalue weighted by molar-refractivity contribution is 7.20. The van der Waals surface area contributed by atoms with E-state index in [0.29, 0.717) is 0 Å². The largest absolute Gasteiger partial charge is 0.207 e. The normalized spacial score (nSPS) is 11.3. The molecular formula is C31H11BF16. The van der Waals surface area contributed by atoms with Crippen LogP contribution in [0.4, 0.5) is 70.2 Å². The van der Waals surface area contributed by atoms with Crippen LogP contribution in [0.1, 0.15) is 0 Å². The molecule has 0 fully saturated rings. The van der Waals surface area contributed by atoms with Gasteiger partial charge in [-0.25, -0.2) is 70.2 Å². The van der Waals surface area contributed by atoms with Gasteiger partial charge in [0.2, 0.25) is 0 Å². The molecular weight excluding hydrogens is 687 g/mol. The van der Waals surface area contributed by atoms with Gasteiger partial charge in [-0.2, -0.15) is 0 Å². The molecule has 0 saturated carbocycles. The summed E-state index contributed by atoms with van der Waals surface area (Å²) in [7, 11) is 0. The van der Waals surface area contributed by atoms with E-state index in [1.165, 1.54) is 0 Å². The zero-order valence-electron chi connectivity index (χ0n) is 23.0. The van der Waals surface area contributed by atoms with E-state index in [1.807, 2.05) is 42.5 Å². The molecule has 0 aliphatic heterocycles. The van der Waals surface area contributed by atoms with Gasteiger partial charge in [0.25, 0.3) is 0 Å². The van der Waals surface area contributed by atoms with Gasteiger partial charge in [-0.15, -0.1) is 21.9 Å². The third kappa shape index (κ3) is 5.81. The molecule has 0 atom stereocenters. The van der Waals surface area contributed by atoms with Crippen molar-refractivity contribution in [1.82, 2.24) is 0 Å². The van der Waals surface area contributed by atoms with Gasteiger partial charge in [0.15, 0.2) is 46.5 Å². The van der Waals surface area contributed by atoms with Crippen LogP contribution in [0, 0.1) is 93.1 Å². The fourth-order valence-electron chi connectivity index (χ4n) is 5.20. The minimum atomic E-state index is -6.49. The van der Waals surface area contributed by atoms with Crippen molar-refractivity contribution in [3.05, 3.63) is 160 Å². The zero-order valence-corrected chi connectivity index (χ0v) is 23.0. The Morgan fingerprint density at radius 3 is 0.667 bits per heavy atom. The first kappa shape index (κ1) is 35.8. The Balaban J connectivity index is 0.000000659. The molecule has 5 aromatic rings. The van der Waals surface area contributed by atoms with Crippen molar-refractivity contribution in [2.75, 3.05) is 0 Å². The molecule has 0 amide bonds. The monoisotopic (exact) mass is 698 g/mol. The zero-order chi connectivity index (χ0) is 35.8. The first-order valence-electron chi connectivity index (χ1n) is 12.8. The minimum Gasteiger partial charge on any atom is -0.207 e.